The molecule has 0 aliphatic rings. The molecule has 0 heterocycles. The molecule has 5 heteroatoms. The normalized spacial score (nSPS) is 11.2. The summed E-state index contributed by atoms with van der Waals surface area (Å²) in [6, 6.07) is 3.77. The van der Waals surface area contributed by atoms with Gasteiger partial charge in [0.05, 0.1) is 13.2 Å². The van der Waals surface area contributed by atoms with Crippen LogP contribution in [0.1, 0.15) is 25.8 Å². The lowest BCUT2D eigenvalue weighted by Gasteiger charge is -2.16. The van der Waals surface area contributed by atoms with Crippen LogP contribution in [-0.4, -0.2) is 45.3 Å². The number of halogens is 1. The van der Waals surface area contributed by atoms with Gasteiger partial charge in [-0.05, 0) is 59.1 Å². The summed E-state index contributed by atoms with van der Waals surface area (Å²) < 4.78 is 11.1. The highest BCUT2D eigenvalue weighted by molar-refractivity contribution is 6.31. The molecule has 120 valence electrons. The predicted octanol–water partition coefficient (Wildman–Crippen LogP) is 3.18. The largest absolute Gasteiger partial charge is 0.493 e. The summed E-state index contributed by atoms with van der Waals surface area (Å²) in [6.45, 7) is 6.72. The number of hydrogen-bond acceptors (Lipinski definition) is 4. The highest BCUT2D eigenvalue weighted by Gasteiger charge is 2.11. The topological polar surface area (TPSA) is 33.7 Å². The van der Waals surface area contributed by atoms with Crippen molar-refractivity contribution in [2.24, 2.45) is 0 Å². The molecule has 0 amide bonds. The molecule has 0 bridgehead atoms. The molecule has 21 heavy (non-hydrogen) atoms. The van der Waals surface area contributed by atoms with E-state index in [0.717, 1.165) is 37.4 Å². The van der Waals surface area contributed by atoms with E-state index in [1.165, 1.54) is 0 Å². The average Bonchev–Trinajstić information content (AvgIpc) is 2.39. The van der Waals surface area contributed by atoms with Crippen LogP contribution in [0.25, 0.3) is 0 Å². The van der Waals surface area contributed by atoms with Gasteiger partial charge in [0.15, 0.2) is 11.5 Å². The Labute approximate surface area is 133 Å². The number of methoxy groups -OCH3 is 1. The van der Waals surface area contributed by atoms with Crippen molar-refractivity contribution < 1.29 is 9.47 Å². The SMILES string of the molecule is COc1cc(CNCCCN(C)C)c(Cl)cc1OC(C)C. The van der Waals surface area contributed by atoms with E-state index >= 15 is 0 Å². The van der Waals surface area contributed by atoms with Crippen molar-refractivity contribution in [1.29, 1.82) is 0 Å². The summed E-state index contributed by atoms with van der Waals surface area (Å²) in [7, 11) is 5.80. The molecule has 1 rings (SSSR count). The van der Waals surface area contributed by atoms with Crippen molar-refractivity contribution in [3.05, 3.63) is 22.7 Å². The number of hydrogen-bond donors (Lipinski definition) is 1. The van der Waals surface area contributed by atoms with E-state index < -0.39 is 0 Å². The van der Waals surface area contributed by atoms with E-state index in [-0.39, 0.29) is 6.10 Å². The molecule has 0 spiro atoms. The van der Waals surface area contributed by atoms with Crippen molar-refractivity contribution in [1.82, 2.24) is 10.2 Å². The highest BCUT2D eigenvalue weighted by Crippen LogP contribution is 2.33. The van der Waals surface area contributed by atoms with Crippen LogP contribution in [0, 0.1) is 0 Å². The lowest BCUT2D eigenvalue weighted by Crippen LogP contribution is -2.21. The van der Waals surface area contributed by atoms with Gasteiger partial charge in [-0.1, -0.05) is 11.6 Å². The van der Waals surface area contributed by atoms with E-state index in [1.54, 1.807) is 7.11 Å². The maximum atomic E-state index is 6.32. The second-order valence-electron chi connectivity index (χ2n) is 5.59. The van der Waals surface area contributed by atoms with Crippen LogP contribution in [-0.2, 0) is 6.54 Å². The molecular weight excluding hydrogens is 288 g/mol. The van der Waals surface area contributed by atoms with Crippen LogP contribution in [0.15, 0.2) is 12.1 Å². The Balaban J connectivity index is 2.62. The summed E-state index contributed by atoms with van der Waals surface area (Å²) >= 11 is 6.32. The zero-order valence-corrected chi connectivity index (χ0v) is 14.5. The van der Waals surface area contributed by atoms with Gasteiger partial charge in [-0.15, -0.1) is 0 Å². The van der Waals surface area contributed by atoms with E-state index in [2.05, 4.69) is 24.3 Å². The molecule has 0 fully saturated rings. The molecule has 0 saturated heterocycles. The molecular formula is C16H27ClN2O2. The third-order valence-electron chi connectivity index (χ3n) is 2.97. The Hall–Kier alpha value is -0.970. The van der Waals surface area contributed by atoms with Gasteiger partial charge in [-0.25, -0.2) is 0 Å². The van der Waals surface area contributed by atoms with Crippen LogP contribution in [0.5, 0.6) is 11.5 Å². The first-order valence-electron chi connectivity index (χ1n) is 7.32. The van der Waals surface area contributed by atoms with Crippen LogP contribution < -0.4 is 14.8 Å². The second-order valence-corrected chi connectivity index (χ2v) is 6.00. The molecule has 4 nitrogen and oxygen atoms in total. The van der Waals surface area contributed by atoms with Crippen molar-refractivity contribution >= 4 is 11.6 Å². The fraction of sp³-hybridized carbons (Fsp3) is 0.625. The first-order valence-corrected chi connectivity index (χ1v) is 7.70. The quantitative estimate of drug-likeness (QED) is 0.710. The van der Waals surface area contributed by atoms with Crippen molar-refractivity contribution in [2.75, 3.05) is 34.3 Å². The van der Waals surface area contributed by atoms with Gasteiger partial charge < -0.3 is 19.7 Å². The van der Waals surface area contributed by atoms with Gasteiger partial charge in [0.2, 0.25) is 0 Å². The third kappa shape index (κ3) is 6.55. The molecule has 0 saturated carbocycles. The third-order valence-corrected chi connectivity index (χ3v) is 3.32. The summed E-state index contributed by atoms with van der Waals surface area (Å²) in [4.78, 5) is 2.18. The Bertz CT molecular complexity index is 437. The Morgan fingerprint density at radius 1 is 1.24 bits per heavy atom. The zero-order valence-electron chi connectivity index (χ0n) is 13.7. The number of rotatable bonds is 9. The minimum absolute atomic E-state index is 0.0879. The van der Waals surface area contributed by atoms with Crippen LogP contribution in [0.4, 0.5) is 0 Å². The summed E-state index contributed by atoms with van der Waals surface area (Å²) in [5.74, 6) is 1.41. The van der Waals surface area contributed by atoms with Gasteiger partial charge >= 0.3 is 0 Å². The van der Waals surface area contributed by atoms with Crippen LogP contribution >= 0.6 is 11.6 Å². The number of ether oxygens (including phenoxy) is 2. The van der Waals surface area contributed by atoms with Gasteiger partial charge in [0.25, 0.3) is 0 Å². The first kappa shape index (κ1) is 18.1. The molecule has 1 aromatic rings. The van der Waals surface area contributed by atoms with Crippen molar-refractivity contribution in [2.45, 2.75) is 32.9 Å². The molecule has 1 aromatic carbocycles. The lowest BCUT2D eigenvalue weighted by atomic mass is 10.2. The number of nitrogens with zero attached hydrogens (tertiary/aromatic N) is 1. The van der Waals surface area contributed by atoms with E-state index in [4.69, 9.17) is 21.1 Å². The molecule has 0 radical (unpaired) electrons. The molecule has 0 atom stereocenters. The minimum atomic E-state index is 0.0879. The van der Waals surface area contributed by atoms with Crippen molar-refractivity contribution in [3.63, 3.8) is 0 Å². The van der Waals surface area contributed by atoms with Crippen LogP contribution in [0.2, 0.25) is 5.02 Å². The molecule has 0 aromatic heterocycles. The van der Waals surface area contributed by atoms with E-state index in [9.17, 15) is 0 Å². The molecule has 0 aliphatic carbocycles. The van der Waals surface area contributed by atoms with Crippen LogP contribution in [0.3, 0.4) is 0 Å². The summed E-state index contributed by atoms with van der Waals surface area (Å²) in [6.07, 6.45) is 1.20. The standard InChI is InChI=1S/C16H27ClN2O2/c1-12(2)21-16-10-14(17)13(9-15(16)20-5)11-18-7-6-8-19(3)4/h9-10,12,18H,6-8,11H2,1-5H3. The monoisotopic (exact) mass is 314 g/mol. The molecule has 0 unspecified atom stereocenters. The smallest absolute Gasteiger partial charge is 0.163 e. The van der Waals surface area contributed by atoms with E-state index in [0.29, 0.717) is 10.8 Å². The fourth-order valence-corrected chi connectivity index (χ4v) is 2.18. The number of benzene rings is 1. The second kappa shape index (κ2) is 9.13. The lowest BCUT2D eigenvalue weighted by molar-refractivity contribution is 0.230. The zero-order chi connectivity index (χ0) is 15.8. The Morgan fingerprint density at radius 3 is 2.52 bits per heavy atom. The predicted molar refractivity (Wildman–Crippen MR) is 88.6 cm³/mol. The van der Waals surface area contributed by atoms with Gasteiger partial charge in [-0.3, -0.25) is 0 Å². The molecule has 0 aliphatic heterocycles. The van der Waals surface area contributed by atoms with Gasteiger partial charge in [-0.2, -0.15) is 0 Å². The number of nitrogens with one attached hydrogen (secondary N) is 1. The first-order chi connectivity index (χ1) is 9.93. The maximum Gasteiger partial charge on any atom is 0.163 e. The average molecular weight is 315 g/mol. The maximum absolute atomic E-state index is 6.32. The fourth-order valence-electron chi connectivity index (χ4n) is 1.96. The molecule has 1 N–H and O–H groups in total. The highest BCUT2D eigenvalue weighted by atomic mass is 35.5. The van der Waals surface area contributed by atoms with Crippen molar-refractivity contribution in [3.8, 4) is 11.5 Å². The summed E-state index contributed by atoms with van der Waals surface area (Å²) in [5, 5.41) is 4.10. The van der Waals surface area contributed by atoms with Gasteiger partial charge in [0, 0.05) is 17.6 Å². The summed E-state index contributed by atoms with van der Waals surface area (Å²) in [5.41, 5.74) is 1.02. The Morgan fingerprint density at radius 2 is 1.95 bits per heavy atom. The Kier molecular flexibility index (Phi) is 7.86. The van der Waals surface area contributed by atoms with Gasteiger partial charge in [0.1, 0.15) is 0 Å². The minimum Gasteiger partial charge on any atom is -0.493 e. The van der Waals surface area contributed by atoms with E-state index in [1.807, 2.05) is 26.0 Å².